The number of methoxy groups -OCH3 is 1. The molecular formula is C22H27F2IN4O. The Labute approximate surface area is 192 Å². The fourth-order valence-corrected chi connectivity index (χ4v) is 3.19. The van der Waals surface area contributed by atoms with E-state index in [1.807, 2.05) is 13.1 Å². The summed E-state index contributed by atoms with van der Waals surface area (Å²) >= 11 is 0. The van der Waals surface area contributed by atoms with E-state index in [9.17, 15) is 8.78 Å². The first-order valence-electron chi connectivity index (χ1n) is 9.64. The summed E-state index contributed by atoms with van der Waals surface area (Å²) in [7, 11) is 1.54. The number of aromatic amines is 1. The average Bonchev–Trinajstić information content (AvgIpc) is 3.10. The zero-order valence-corrected chi connectivity index (χ0v) is 19.4. The van der Waals surface area contributed by atoms with Gasteiger partial charge < -0.3 is 20.4 Å². The molecule has 30 heavy (non-hydrogen) atoms. The van der Waals surface area contributed by atoms with Gasteiger partial charge in [0.25, 0.3) is 0 Å². The topological polar surface area (TPSA) is 61.4 Å². The fraction of sp³-hybridized carbons (Fsp3) is 0.318. The number of fused-ring (bicyclic) bond motifs is 1. The molecule has 8 heteroatoms. The quantitative estimate of drug-likeness (QED) is 0.229. The smallest absolute Gasteiger partial charge is 0.191 e. The molecule has 2 aromatic carbocycles. The van der Waals surface area contributed by atoms with Crippen LogP contribution in [0.3, 0.4) is 0 Å². The highest BCUT2D eigenvalue weighted by Crippen LogP contribution is 2.19. The number of halogens is 3. The normalized spacial score (nSPS) is 11.4. The summed E-state index contributed by atoms with van der Waals surface area (Å²) in [4.78, 5) is 7.69. The molecule has 0 atom stereocenters. The van der Waals surface area contributed by atoms with Crippen molar-refractivity contribution in [2.75, 3.05) is 20.2 Å². The third-order valence-corrected chi connectivity index (χ3v) is 4.59. The third-order valence-electron chi connectivity index (χ3n) is 4.59. The van der Waals surface area contributed by atoms with E-state index in [0.29, 0.717) is 24.6 Å². The van der Waals surface area contributed by atoms with E-state index >= 15 is 0 Å². The summed E-state index contributed by atoms with van der Waals surface area (Å²) in [6.45, 7) is 4.07. The third kappa shape index (κ3) is 6.40. The lowest BCUT2D eigenvalue weighted by Crippen LogP contribution is -2.38. The molecule has 0 saturated carbocycles. The second kappa shape index (κ2) is 11.8. The number of benzene rings is 2. The van der Waals surface area contributed by atoms with Gasteiger partial charge in [0.05, 0.1) is 13.2 Å². The fourth-order valence-electron chi connectivity index (χ4n) is 3.19. The highest BCUT2D eigenvalue weighted by molar-refractivity contribution is 14.0. The maximum Gasteiger partial charge on any atom is 0.191 e. The number of nitrogens with one attached hydrogen (secondary N) is 3. The molecule has 1 heterocycles. The Balaban J connectivity index is 0.00000320. The molecule has 5 nitrogen and oxygen atoms in total. The summed E-state index contributed by atoms with van der Waals surface area (Å²) in [6.07, 6.45) is 2.68. The van der Waals surface area contributed by atoms with Crippen molar-refractivity contribution in [1.29, 1.82) is 0 Å². The predicted octanol–water partition coefficient (Wildman–Crippen LogP) is 4.51. The Morgan fingerprint density at radius 3 is 2.70 bits per heavy atom. The van der Waals surface area contributed by atoms with Crippen LogP contribution in [-0.2, 0) is 24.3 Å². The molecule has 0 amide bonds. The van der Waals surface area contributed by atoms with E-state index in [4.69, 9.17) is 4.74 Å². The Bertz CT molecular complexity index is 990. The van der Waals surface area contributed by atoms with E-state index in [2.05, 4.69) is 20.6 Å². The number of ether oxygens (including phenoxy) is 1. The van der Waals surface area contributed by atoms with Gasteiger partial charge in [0, 0.05) is 42.9 Å². The van der Waals surface area contributed by atoms with E-state index in [1.54, 1.807) is 25.3 Å². The summed E-state index contributed by atoms with van der Waals surface area (Å²) in [5.74, 6) is 0.166. The lowest BCUT2D eigenvalue weighted by molar-refractivity contribution is 0.181. The molecule has 0 unspecified atom stereocenters. The lowest BCUT2D eigenvalue weighted by atomic mass is 10.1. The first kappa shape index (κ1) is 24.1. The van der Waals surface area contributed by atoms with Crippen LogP contribution in [0.2, 0.25) is 0 Å². The van der Waals surface area contributed by atoms with Crippen LogP contribution < -0.4 is 10.6 Å². The van der Waals surface area contributed by atoms with Crippen LogP contribution in [0.25, 0.3) is 10.9 Å². The Hall–Kier alpha value is -2.20. The average molecular weight is 528 g/mol. The van der Waals surface area contributed by atoms with Gasteiger partial charge in [-0.3, -0.25) is 0 Å². The maximum absolute atomic E-state index is 13.7. The van der Waals surface area contributed by atoms with Crippen LogP contribution in [0.15, 0.2) is 47.6 Å². The van der Waals surface area contributed by atoms with Gasteiger partial charge in [-0.2, -0.15) is 0 Å². The van der Waals surface area contributed by atoms with Crippen molar-refractivity contribution in [2.45, 2.75) is 26.5 Å². The van der Waals surface area contributed by atoms with Crippen LogP contribution in [-0.4, -0.2) is 31.1 Å². The number of aliphatic imine (C=N–C) groups is 1. The van der Waals surface area contributed by atoms with Gasteiger partial charge in [-0.15, -0.1) is 24.0 Å². The lowest BCUT2D eigenvalue weighted by Gasteiger charge is -2.11. The van der Waals surface area contributed by atoms with Crippen LogP contribution in [0.1, 0.15) is 23.6 Å². The van der Waals surface area contributed by atoms with Crippen LogP contribution >= 0.6 is 24.0 Å². The summed E-state index contributed by atoms with van der Waals surface area (Å²) in [5, 5.41) is 7.54. The van der Waals surface area contributed by atoms with Gasteiger partial charge in [-0.1, -0.05) is 6.07 Å². The molecule has 1 aromatic heterocycles. The van der Waals surface area contributed by atoms with Gasteiger partial charge >= 0.3 is 0 Å². The van der Waals surface area contributed by atoms with Crippen molar-refractivity contribution in [3.8, 4) is 0 Å². The molecule has 0 aliphatic heterocycles. The van der Waals surface area contributed by atoms with E-state index in [1.165, 1.54) is 18.2 Å². The van der Waals surface area contributed by atoms with E-state index in [-0.39, 0.29) is 42.2 Å². The molecule has 3 N–H and O–H groups in total. The molecule has 0 radical (unpaired) electrons. The van der Waals surface area contributed by atoms with Crippen LogP contribution in [0.4, 0.5) is 8.78 Å². The van der Waals surface area contributed by atoms with Gasteiger partial charge in [0.2, 0.25) is 0 Å². The van der Waals surface area contributed by atoms with Gasteiger partial charge in [-0.05, 0) is 54.8 Å². The number of H-pyrrole nitrogens is 1. The first-order valence-corrected chi connectivity index (χ1v) is 9.64. The minimum absolute atomic E-state index is 0. The monoisotopic (exact) mass is 528 g/mol. The highest BCUT2D eigenvalue weighted by Gasteiger charge is 2.06. The maximum atomic E-state index is 13.7. The molecular weight excluding hydrogens is 501 g/mol. The SMILES string of the molecule is CCNC(=NCc1ccc(F)c(COC)c1)NCCc1c[nH]c2cc(F)ccc12.I. The first-order chi connectivity index (χ1) is 14.1. The largest absolute Gasteiger partial charge is 0.380 e. The second-order valence-corrected chi connectivity index (χ2v) is 6.73. The Morgan fingerprint density at radius 1 is 1.10 bits per heavy atom. The number of rotatable bonds is 8. The summed E-state index contributed by atoms with van der Waals surface area (Å²) < 4.78 is 32.1. The predicted molar refractivity (Wildman–Crippen MR) is 127 cm³/mol. The second-order valence-electron chi connectivity index (χ2n) is 6.73. The van der Waals surface area contributed by atoms with Crippen molar-refractivity contribution in [3.63, 3.8) is 0 Å². The minimum atomic E-state index is -0.275. The number of hydrogen-bond acceptors (Lipinski definition) is 2. The van der Waals surface area contributed by atoms with Crippen molar-refractivity contribution < 1.29 is 13.5 Å². The van der Waals surface area contributed by atoms with Crippen molar-refractivity contribution in [2.24, 2.45) is 4.99 Å². The van der Waals surface area contributed by atoms with Crippen molar-refractivity contribution >= 4 is 40.8 Å². The number of hydrogen-bond donors (Lipinski definition) is 3. The summed E-state index contributed by atoms with van der Waals surface area (Å²) in [6, 6.07) is 9.71. The Kier molecular flexibility index (Phi) is 9.51. The van der Waals surface area contributed by atoms with Gasteiger partial charge in [-0.25, -0.2) is 13.8 Å². The Morgan fingerprint density at radius 2 is 1.93 bits per heavy atom. The van der Waals surface area contributed by atoms with E-state index in [0.717, 1.165) is 35.0 Å². The van der Waals surface area contributed by atoms with Gasteiger partial charge in [0.15, 0.2) is 5.96 Å². The minimum Gasteiger partial charge on any atom is -0.380 e. The molecule has 0 fully saturated rings. The molecule has 0 spiro atoms. The van der Waals surface area contributed by atoms with Crippen LogP contribution in [0, 0.1) is 11.6 Å². The molecule has 3 aromatic rings. The number of aromatic nitrogens is 1. The number of nitrogens with zero attached hydrogens (tertiary/aromatic N) is 1. The molecule has 162 valence electrons. The molecule has 0 aliphatic carbocycles. The zero-order chi connectivity index (χ0) is 20.6. The molecule has 0 aliphatic rings. The van der Waals surface area contributed by atoms with Crippen molar-refractivity contribution in [3.05, 3.63) is 70.9 Å². The molecule has 0 bridgehead atoms. The zero-order valence-electron chi connectivity index (χ0n) is 17.1. The van der Waals surface area contributed by atoms with Crippen LogP contribution in [0.5, 0.6) is 0 Å². The standard InChI is InChI=1S/C22H26F2N4O.HI/c1-3-25-22(28-12-15-4-7-20(24)17(10-15)14-29-2)26-9-8-16-13-27-21-11-18(23)5-6-19(16)21;/h4-7,10-11,13,27H,3,8-9,12,14H2,1-2H3,(H2,25,26,28);1H. The van der Waals surface area contributed by atoms with E-state index < -0.39 is 0 Å². The van der Waals surface area contributed by atoms with Crippen molar-refractivity contribution in [1.82, 2.24) is 15.6 Å². The van der Waals surface area contributed by atoms with Gasteiger partial charge in [0.1, 0.15) is 11.6 Å². The molecule has 3 rings (SSSR count). The summed E-state index contributed by atoms with van der Waals surface area (Å²) in [5.41, 5.74) is 3.35. The number of guanidine groups is 1. The molecule has 0 saturated heterocycles. The highest BCUT2D eigenvalue weighted by atomic mass is 127.